The van der Waals surface area contributed by atoms with E-state index in [4.69, 9.17) is 9.47 Å². The van der Waals surface area contributed by atoms with Crippen molar-refractivity contribution in [1.82, 2.24) is 5.01 Å². The Hall–Kier alpha value is -2.89. The second-order valence-electron chi connectivity index (χ2n) is 5.75. The SMILES string of the molecule is COc1ccc(C2=NN(C(C)=O)C(c3cccc(F)c3)C2)cc1OC. The molecule has 1 aliphatic heterocycles. The van der Waals surface area contributed by atoms with Crippen LogP contribution in [0.1, 0.15) is 30.5 Å². The van der Waals surface area contributed by atoms with Gasteiger partial charge in [-0.2, -0.15) is 5.10 Å². The van der Waals surface area contributed by atoms with E-state index in [-0.39, 0.29) is 17.8 Å². The summed E-state index contributed by atoms with van der Waals surface area (Å²) in [5.74, 6) is 0.687. The number of carbonyl (C=O) groups excluding carboxylic acids is 1. The standard InChI is InChI=1S/C19H19FN2O3/c1-12(23)22-17(14-5-4-6-15(20)9-14)11-16(21-22)13-7-8-18(24-2)19(10-13)25-3/h4-10,17H,11H2,1-3H3. The number of carbonyl (C=O) groups is 1. The number of amides is 1. The molecule has 1 aliphatic rings. The highest BCUT2D eigenvalue weighted by Gasteiger charge is 2.31. The monoisotopic (exact) mass is 342 g/mol. The molecular formula is C19H19FN2O3. The van der Waals surface area contributed by atoms with Gasteiger partial charge >= 0.3 is 0 Å². The van der Waals surface area contributed by atoms with Crippen LogP contribution in [0.3, 0.4) is 0 Å². The first kappa shape index (κ1) is 17.0. The minimum Gasteiger partial charge on any atom is -0.493 e. The molecular weight excluding hydrogens is 323 g/mol. The number of ether oxygens (including phenoxy) is 2. The van der Waals surface area contributed by atoms with Crippen molar-refractivity contribution in [1.29, 1.82) is 0 Å². The molecule has 0 radical (unpaired) electrons. The van der Waals surface area contributed by atoms with Crippen molar-refractivity contribution < 1.29 is 18.7 Å². The fraction of sp³-hybridized carbons (Fsp3) is 0.263. The smallest absolute Gasteiger partial charge is 0.240 e. The van der Waals surface area contributed by atoms with E-state index in [2.05, 4.69) is 5.10 Å². The Morgan fingerprint density at radius 3 is 2.56 bits per heavy atom. The van der Waals surface area contributed by atoms with Crippen LogP contribution in [0.5, 0.6) is 11.5 Å². The molecule has 0 aliphatic carbocycles. The normalized spacial score (nSPS) is 16.6. The molecule has 5 nitrogen and oxygen atoms in total. The molecule has 1 amide bonds. The van der Waals surface area contributed by atoms with Crippen LogP contribution in [0.15, 0.2) is 47.6 Å². The first-order valence-corrected chi connectivity index (χ1v) is 7.88. The predicted octanol–water partition coefficient (Wildman–Crippen LogP) is 3.54. The molecule has 0 aromatic heterocycles. The molecule has 1 atom stereocenters. The second-order valence-corrected chi connectivity index (χ2v) is 5.75. The number of hydrogen-bond acceptors (Lipinski definition) is 4. The zero-order chi connectivity index (χ0) is 18.0. The number of hydrogen-bond donors (Lipinski definition) is 0. The van der Waals surface area contributed by atoms with Gasteiger partial charge in [-0.15, -0.1) is 0 Å². The Morgan fingerprint density at radius 1 is 1.16 bits per heavy atom. The lowest BCUT2D eigenvalue weighted by atomic mass is 9.98. The summed E-state index contributed by atoms with van der Waals surface area (Å²) in [5, 5.41) is 5.86. The summed E-state index contributed by atoms with van der Waals surface area (Å²) in [6.07, 6.45) is 0.499. The van der Waals surface area contributed by atoms with E-state index in [9.17, 15) is 9.18 Å². The first-order valence-electron chi connectivity index (χ1n) is 7.88. The summed E-state index contributed by atoms with van der Waals surface area (Å²) in [4.78, 5) is 12.0. The molecule has 0 fully saturated rings. The third-order valence-electron chi connectivity index (χ3n) is 4.18. The molecule has 6 heteroatoms. The molecule has 1 unspecified atom stereocenters. The van der Waals surface area contributed by atoms with E-state index in [0.717, 1.165) is 16.8 Å². The van der Waals surface area contributed by atoms with E-state index < -0.39 is 0 Å². The number of nitrogens with zero attached hydrogens (tertiary/aromatic N) is 2. The average molecular weight is 342 g/mol. The molecule has 0 spiro atoms. The largest absolute Gasteiger partial charge is 0.493 e. The van der Waals surface area contributed by atoms with Gasteiger partial charge in [0.25, 0.3) is 0 Å². The van der Waals surface area contributed by atoms with Crippen LogP contribution in [-0.2, 0) is 4.79 Å². The van der Waals surface area contributed by atoms with Crippen molar-refractivity contribution in [3.63, 3.8) is 0 Å². The Morgan fingerprint density at radius 2 is 1.92 bits per heavy atom. The predicted molar refractivity (Wildman–Crippen MR) is 92.4 cm³/mol. The minimum absolute atomic E-state index is 0.190. The highest BCUT2D eigenvalue weighted by Crippen LogP contribution is 2.35. The Kier molecular flexibility index (Phi) is 4.70. The third-order valence-corrected chi connectivity index (χ3v) is 4.18. The van der Waals surface area contributed by atoms with Crippen LogP contribution in [0, 0.1) is 5.82 Å². The van der Waals surface area contributed by atoms with Gasteiger partial charge in [-0.1, -0.05) is 12.1 Å². The van der Waals surface area contributed by atoms with E-state index in [1.165, 1.54) is 24.1 Å². The van der Waals surface area contributed by atoms with Gasteiger partial charge in [0, 0.05) is 18.9 Å². The second kappa shape index (κ2) is 6.93. The maximum Gasteiger partial charge on any atom is 0.240 e. The van der Waals surface area contributed by atoms with Gasteiger partial charge in [0.05, 0.1) is 26.0 Å². The lowest BCUT2D eigenvalue weighted by Gasteiger charge is -2.20. The van der Waals surface area contributed by atoms with Crippen molar-refractivity contribution in [2.75, 3.05) is 14.2 Å². The maximum atomic E-state index is 13.6. The van der Waals surface area contributed by atoms with Gasteiger partial charge in [0.15, 0.2) is 11.5 Å². The molecule has 1 heterocycles. The summed E-state index contributed by atoms with van der Waals surface area (Å²) in [7, 11) is 3.14. The molecule has 25 heavy (non-hydrogen) atoms. The lowest BCUT2D eigenvalue weighted by Crippen LogP contribution is -2.24. The van der Waals surface area contributed by atoms with Gasteiger partial charge in [-0.05, 0) is 35.9 Å². The van der Waals surface area contributed by atoms with Crippen molar-refractivity contribution in [3.05, 3.63) is 59.4 Å². The molecule has 0 saturated carbocycles. The van der Waals surface area contributed by atoms with E-state index in [1.807, 2.05) is 12.1 Å². The van der Waals surface area contributed by atoms with Crippen LogP contribution in [-0.4, -0.2) is 30.8 Å². The first-order chi connectivity index (χ1) is 12.0. The fourth-order valence-electron chi connectivity index (χ4n) is 2.96. The number of hydrazone groups is 1. The van der Waals surface area contributed by atoms with E-state index in [1.54, 1.807) is 32.4 Å². The van der Waals surface area contributed by atoms with Crippen LogP contribution < -0.4 is 9.47 Å². The number of methoxy groups -OCH3 is 2. The average Bonchev–Trinajstić information content (AvgIpc) is 3.07. The van der Waals surface area contributed by atoms with Crippen molar-refractivity contribution in [2.24, 2.45) is 5.10 Å². The highest BCUT2D eigenvalue weighted by atomic mass is 19.1. The molecule has 2 aromatic carbocycles. The van der Waals surface area contributed by atoms with Gasteiger partial charge in [-0.25, -0.2) is 9.40 Å². The van der Waals surface area contributed by atoms with Gasteiger partial charge in [0.2, 0.25) is 5.91 Å². The summed E-state index contributed by atoms with van der Waals surface area (Å²) in [6, 6.07) is 11.4. The highest BCUT2D eigenvalue weighted by molar-refractivity contribution is 6.03. The van der Waals surface area contributed by atoms with E-state index >= 15 is 0 Å². The van der Waals surface area contributed by atoms with Gasteiger partial charge in [-0.3, -0.25) is 4.79 Å². The number of benzene rings is 2. The maximum absolute atomic E-state index is 13.6. The zero-order valence-corrected chi connectivity index (χ0v) is 14.3. The summed E-state index contributed by atoms with van der Waals surface area (Å²) in [5.41, 5.74) is 2.29. The van der Waals surface area contributed by atoms with E-state index in [0.29, 0.717) is 17.9 Å². The number of rotatable bonds is 4. The molecule has 130 valence electrons. The van der Waals surface area contributed by atoms with Crippen LogP contribution in [0.25, 0.3) is 0 Å². The molecule has 0 saturated heterocycles. The number of halogens is 1. The van der Waals surface area contributed by atoms with Crippen LogP contribution in [0.4, 0.5) is 4.39 Å². The quantitative estimate of drug-likeness (QED) is 0.854. The lowest BCUT2D eigenvalue weighted by molar-refractivity contribution is -0.130. The zero-order valence-electron chi connectivity index (χ0n) is 14.3. The Bertz CT molecular complexity index is 835. The van der Waals surface area contributed by atoms with Crippen molar-refractivity contribution >= 4 is 11.6 Å². The minimum atomic E-state index is -0.333. The van der Waals surface area contributed by atoms with Gasteiger partial charge < -0.3 is 9.47 Å². The Labute approximate surface area is 145 Å². The molecule has 2 aromatic rings. The molecule has 0 bridgehead atoms. The topological polar surface area (TPSA) is 51.1 Å². The van der Waals surface area contributed by atoms with Crippen LogP contribution >= 0.6 is 0 Å². The van der Waals surface area contributed by atoms with Gasteiger partial charge in [0.1, 0.15) is 5.82 Å². The summed E-state index contributed by atoms with van der Waals surface area (Å²) < 4.78 is 24.2. The van der Waals surface area contributed by atoms with Crippen molar-refractivity contribution in [3.8, 4) is 11.5 Å². The summed E-state index contributed by atoms with van der Waals surface area (Å²) in [6.45, 7) is 1.45. The van der Waals surface area contributed by atoms with Crippen LogP contribution in [0.2, 0.25) is 0 Å². The Balaban J connectivity index is 1.96. The summed E-state index contributed by atoms with van der Waals surface area (Å²) >= 11 is 0. The fourth-order valence-corrected chi connectivity index (χ4v) is 2.96. The third kappa shape index (κ3) is 3.33. The molecule has 3 rings (SSSR count). The molecule has 0 N–H and O–H groups in total. The van der Waals surface area contributed by atoms with Crippen molar-refractivity contribution in [2.45, 2.75) is 19.4 Å².